The molecule has 0 radical (unpaired) electrons. The summed E-state index contributed by atoms with van der Waals surface area (Å²) in [4.78, 5) is 14.2. The SMILES string of the molecule is CC1CN(C(=O)[C@@H](N)C(C)C)CC(c2ccsc2)O1.Cl. The van der Waals surface area contributed by atoms with E-state index < -0.39 is 6.04 Å². The van der Waals surface area contributed by atoms with E-state index in [1.54, 1.807) is 11.3 Å². The van der Waals surface area contributed by atoms with E-state index in [0.29, 0.717) is 13.1 Å². The number of morpholine rings is 1. The lowest BCUT2D eigenvalue weighted by Gasteiger charge is -2.38. The predicted molar refractivity (Wildman–Crippen MR) is 84.2 cm³/mol. The number of carbonyl (C=O) groups is 1. The van der Waals surface area contributed by atoms with Crippen LogP contribution in [0, 0.1) is 5.92 Å². The molecule has 1 fully saturated rings. The summed E-state index contributed by atoms with van der Waals surface area (Å²) >= 11 is 1.65. The lowest BCUT2D eigenvalue weighted by atomic mass is 10.0. The van der Waals surface area contributed by atoms with Crippen LogP contribution in [0.15, 0.2) is 16.8 Å². The molecular weight excluding hydrogens is 296 g/mol. The molecule has 1 amide bonds. The zero-order valence-corrected chi connectivity index (χ0v) is 13.7. The fourth-order valence-corrected chi connectivity index (χ4v) is 2.97. The molecule has 2 unspecified atom stereocenters. The highest BCUT2D eigenvalue weighted by Gasteiger charge is 2.32. The van der Waals surface area contributed by atoms with Gasteiger partial charge in [-0.2, -0.15) is 11.3 Å². The van der Waals surface area contributed by atoms with Crippen molar-refractivity contribution in [2.75, 3.05) is 13.1 Å². The van der Waals surface area contributed by atoms with Gasteiger partial charge in [-0.25, -0.2) is 0 Å². The number of hydrogen-bond donors (Lipinski definition) is 1. The van der Waals surface area contributed by atoms with Gasteiger partial charge in [0.1, 0.15) is 6.10 Å². The number of amides is 1. The molecule has 0 aromatic carbocycles. The fourth-order valence-electron chi connectivity index (χ4n) is 2.27. The van der Waals surface area contributed by atoms with Gasteiger partial charge >= 0.3 is 0 Å². The molecule has 1 aromatic heterocycles. The van der Waals surface area contributed by atoms with Gasteiger partial charge in [0.2, 0.25) is 5.91 Å². The maximum atomic E-state index is 12.3. The Morgan fingerprint density at radius 3 is 2.75 bits per heavy atom. The van der Waals surface area contributed by atoms with Crippen LogP contribution < -0.4 is 5.73 Å². The molecule has 0 bridgehead atoms. The summed E-state index contributed by atoms with van der Waals surface area (Å²) < 4.78 is 5.92. The smallest absolute Gasteiger partial charge is 0.239 e. The van der Waals surface area contributed by atoms with Crippen LogP contribution in [0.1, 0.15) is 32.4 Å². The van der Waals surface area contributed by atoms with Crippen molar-refractivity contribution >= 4 is 29.7 Å². The number of thiophene rings is 1. The summed E-state index contributed by atoms with van der Waals surface area (Å²) in [6, 6.07) is 1.63. The van der Waals surface area contributed by atoms with Crippen LogP contribution in [0.3, 0.4) is 0 Å². The van der Waals surface area contributed by atoms with Crippen LogP contribution in [-0.4, -0.2) is 36.0 Å². The minimum Gasteiger partial charge on any atom is -0.367 e. The third-order valence-electron chi connectivity index (χ3n) is 3.49. The van der Waals surface area contributed by atoms with Crippen molar-refractivity contribution in [3.05, 3.63) is 22.4 Å². The number of hydrogen-bond acceptors (Lipinski definition) is 4. The summed E-state index contributed by atoms with van der Waals surface area (Å²) in [6.07, 6.45) is 0.0141. The number of nitrogens with two attached hydrogens (primary N) is 1. The second kappa shape index (κ2) is 7.41. The molecule has 2 rings (SSSR count). The molecule has 6 heteroatoms. The number of nitrogens with zero attached hydrogens (tertiary/aromatic N) is 1. The topological polar surface area (TPSA) is 55.6 Å². The first kappa shape index (κ1) is 17.4. The first-order valence-corrected chi connectivity index (χ1v) is 7.65. The van der Waals surface area contributed by atoms with E-state index in [4.69, 9.17) is 10.5 Å². The van der Waals surface area contributed by atoms with Crippen LogP contribution >= 0.6 is 23.7 Å². The van der Waals surface area contributed by atoms with Crippen molar-refractivity contribution in [1.29, 1.82) is 0 Å². The van der Waals surface area contributed by atoms with Gasteiger partial charge in [0.05, 0.1) is 18.7 Å². The van der Waals surface area contributed by atoms with E-state index in [0.717, 1.165) is 5.56 Å². The molecule has 1 aliphatic heterocycles. The molecule has 1 saturated heterocycles. The molecule has 114 valence electrons. The Morgan fingerprint density at radius 1 is 1.50 bits per heavy atom. The minimum absolute atomic E-state index is 0. The summed E-state index contributed by atoms with van der Waals surface area (Å²) in [5.41, 5.74) is 7.12. The molecule has 20 heavy (non-hydrogen) atoms. The van der Waals surface area contributed by atoms with Crippen molar-refractivity contribution < 1.29 is 9.53 Å². The summed E-state index contributed by atoms with van der Waals surface area (Å²) in [6.45, 7) is 7.17. The molecular formula is C14H23ClN2O2S. The van der Waals surface area contributed by atoms with Crippen LogP contribution in [0.5, 0.6) is 0 Å². The molecule has 4 nitrogen and oxygen atoms in total. The third-order valence-corrected chi connectivity index (χ3v) is 4.19. The highest BCUT2D eigenvalue weighted by molar-refractivity contribution is 7.07. The molecule has 1 aromatic rings. The normalized spacial score (nSPS) is 24.4. The predicted octanol–water partition coefficient (Wildman–Crippen LogP) is 2.44. The van der Waals surface area contributed by atoms with Gasteiger partial charge < -0.3 is 15.4 Å². The summed E-state index contributed by atoms with van der Waals surface area (Å²) in [7, 11) is 0. The molecule has 2 heterocycles. The van der Waals surface area contributed by atoms with Crippen LogP contribution in [0.25, 0.3) is 0 Å². The average Bonchev–Trinajstić information content (AvgIpc) is 2.90. The van der Waals surface area contributed by atoms with Gasteiger partial charge in [-0.15, -0.1) is 12.4 Å². The van der Waals surface area contributed by atoms with Gasteiger partial charge in [0, 0.05) is 6.54 Å². The standard InChI is InChI=1S/C14H22N2O2S.ClH/c1-9(2)13(15)14(17)16-6-10(3)18-12(7-16)11-4-5-19-8-11;/h4-5,8-10,12-13H,6-7,15H2,1-3H3;1H/t10?,12?,13-;/m0./s1. The molecule has 2 N–H and O–H groups in total. The third kappa shape index (κ3) is 3.95. The first-order valence-electron chi connectivity index (χ1n) is 6.71. The second-order valence-corrected chi connectivity index (χ2v) is 6.29. The Balaban J connectivity index is 0.00000200. The zero-order chi connectivity index (χ0) is 14.0. The van der Waals surface area contributed by atoms with E-state index in [9.17, 15) is 4.79 Å². The Morgan fingerprint density at radius 2 is 2.20 bits per heavy atom. The lowest BCUT2D eigenvalue weighted by molar-refractivity contribution is -0.147. The monoisotopic (exact) mass is 318 g/mol. The quantitative estimate of drug-likeness (QED) is 0.931. The van der Waals surface area contributed by atoms with Crippen molar-refractivity contribution in [3.63, 3.8) is 0 Å². The van der Waals surface area contributed by atoms with Crippen LogP contribution in [0.4, 0.5) is 0 Å². The summed E-state index contributed by atoms with van der Waals surface area (Å²) in [5.74, 6) is 0.190. The van der Waals surface area contributed by atoms with Crippen LogP contribution in [-0.2, 0) is 9.53 Å². The van der Waals surface area contributed by atoms with Crippen LogP contribution in [0.2, 0.25) is 0 Å². The number of halogens is 1. The van der Waals surface area contributed by atoms with Gasteiger partial charge in [-0.1, -0.05) is 13.8 Å². The van der Waals surface area contributed by atoms with E-state index >= 15 is 0 Å². The van der Waals surface area contributed by atoms with E-state index in [2.05, 4.69) is 11.4 Å². The Hall–Kier alpha value is -0.620. The van der Waals surface area contributed by atoms with Gasteiger partial charge in [-0.3, -0.25) is 4.79 Å². The molecule has 0 saturated carbocycles. The lowest BCUT2D eigenvalue weighted by Crippen LogP contribution is -2.53. The van der Waals surface area contributed by atoms with Crippen molar-refractivity contribution in [1.82, 2.24) is 4.90 Å². The number of ether oxygens (including phenoxy) is 1. The fraction of sp³-hybridized carbons (Fsp3) is 0.643. The van der Waals surface area contributed by atoms with E-state index in [1.807, 2.05) is 31.1 Å². The number of rotatable bonds is 3. The van der Waals surface area contributed by atoms with Gasteiger partial charge in [0.15, 0.2) is 0 Å². The van der Waals surface area contributed by atoms with E-state index in [-0.39, 0.29) is 36.4 Å². The first-order chi connectivity index (χ1) is 8.99. The second-order valence-electron chi connectivity index (χ2n) is 5.51. The Bertz CT molecular complexity index is 425. The highest BCUT2D eigenvalue weighted by Crippen LogP contribution is 2.27. The molecule has 0 aliphatic carbocycles. The minimum atomic E-state index is -0.423. The van der Waals surface area contributed by atoms with Gasteiger partial charge in [0.25, 0.3) is 0 Å². The maximum Gasteiger partial charge on any atom is 0.239 e. The largest absolute Gasteiger partial charge is 0.367 e. The molecule has 0 spiro atoms. The molecule has 1 aliphatic rings. The average molecular weight is 319 g/mol. The Labute approximate surface area is 130 Å². The zero-order valence-electron chi connectivity index (χ0n) is 12.1. The Kier molecular flexibility index (Phi) is 6.45. The van der Waals surface area contributed by atoms with Gasteiger partial charge in [-0.05, 0) is 35.2 Å². The van der Waals surface area contributed by atoms with Crippen molar-refractivity contribution in [2.45, 2.75) is 39.0 Å². The number of carbonyl (C=O) groups excluding carboxylic acids is 1. The molecule has 3 atom stereocenters. The highest BCUT2D eigenvalue weighted by atomic mass is 35.5. The van der Waals surface area contributed by atoms with Crippen molar-refractivity contribution in [2.24, 2.45) is 11.7 Å². The van der Waals surface area contributed by atoms with E-state index in [1.165, 1.54) is 0 Å². The summed E-state index contributed by atoms with van der Waals surface area (Å²) in [5, 5.41) is 4.11. The van der Waals surface area contributed by atoms with Crippen molar-refractivity contribution in [3.8, 4) is 0 Å². The maximum absolute atomic E-state index is 12.3.